The summed E-state index contributed by atoms with van der Waals surface area (Å²) in [4.78, 5) is 2.59. The van der Waals surface area contributed by atoms with Gasteiger partial charge in [0.1, 0.15) is 0 Å². The quantitative estimate of drug-likeness (QED) is 0.868. The Morgan fingerprint density at radius 3 is 2.50 bits per heavy atom. The second kappa shape index (κ2) is 6.36. The van der Waals surface area contributed by atoms with Crippen molar-refractivity contribution in [1.29, 1.82) is 0 Å². The minimum atomic E-state index is -3.28. The highest BCUT2D eigenvalue weighted by Gasteiger charge is 2.24. The summed E-state index contributed by atoms with van der Waals surface area (Å²) in [6.45, 7) is 4.94. The van der Waals surface area contributed by atoms with Crippen molar-refractivity contribution in [2.45, 2.75) is 17.9 Å². The van der Waals surface area contributed by atoms with Crippen LogP contribution in [0.25, 0.3) is 10.8 Å². The molecule has 4 nitrogen and oxygen atoms in total. The van der Waals surface area contributed by atoms with E-state index < -0.39 is 9.84 Å². The summed E-state index contributed by atoms with van der Waals surface area (Å²) in [6.07, 6.45) is 0. The van der Waals surface area contributed by atoms with Crippen LogP contribution in [0.3, 0.4) is 0 Å². The molecule has 0 bridgehead atoms. The van der Waals surface area contributed by atoms with E-state index in [4.69, 9.17) is 4.74 Å². The fourth-order valence-electron chi connectivity index (χ4n) is 2.90. The first-order valence-corrected chi connectivity index (χ1v) is 9.25. The summed E-state index contributed by atoms with van der Waals surface area (Å²) >= 11 is 0. The van der Waals surface area contributed by atoms with Crippen LogP contribution in [0.15, 0.2) is 47.4 Å². The molecule has 2 aromatic rings. The first-order chi connectivity index (χ1) is 10.6. The van der Waals surface area contributed by atoms with E-state index in [1.165, 1.54) is 0 Å². The van der Waals surface area contributed by atoms with E-state index >= 15 is 0 Å². The van der Waals surface area contributed by atoms with Gasteiger partial charge in [-0.2, -0.15) is 0 Å². The van der Waals surface area contributed by atoms with Crippen molar-refractivity contribution in [1.82, 2.24) is 4.90 Å². The molecule has 1 atom stereocenters. The lowest BCUT2D eigenvalue weighted by Gasteiger charge is -2.32. The van der Waals surface area contributed by atoms with Crippen molar-refractivity contribution in [3.63, 3.8) is 0 Å². The summed E-state index contributed by atoms with van der Waals surface area (Å²) in [7, 11) is -3.28. The number of nitrogens with zero attached hydrogens (tertiary/aromatic N) is 1. The van der Waals surface area contributed by atoms with Crippen LogP contribution in [0, 0.1) is 0 Å². The number of sulfone groups is 1. The maximum Gasteiger partial charge on any atom is 0.179 e. The third-order valence-corrected chi connectivity index (χ3v) is 6.10. The maximum atomic E-state index is 12.7. The van der Waals surface area contributed by atoms with Gasteiger partial charge in [-0.3, -0.25) is 4.90 Å². The van der Waals surface area contributed by atoms with Gasteiger partial charge in [-0.1, -0.05) is 30.3 Å². The fourth-order valence-corrected chi connectivity index (χ4v) is 4.52. The number of hydrogen-bond donors (Lipinski definition) is 0. The van der Waals surface area contributed by atoms with E-state index in [9.17, 15) is 8.42 Å². The second-order valence-electron chi connectivity index (χ2n) is 5.79. The van der Waals surface area contributed by atoms with Gasteiger partial charge in [0.05, 0.1) is 23.9 Å². The maximum absolute atomic E-state index is 12.7. The van der Waals surface area contributed by atoms with E-state index in [-0.39, 0.29) is 11.8 Å². The molecule has 0 radical (unpaired) electrons. The van der Waals surface area contributed by atoms with Gasteiger partial charge < -0.3 is 4.74 Å². The molecular weight excluding hydrogens is 298 g/mol. The highest BCUT2D eigenvalue weighted by molar-refractivity contribution is 7.91. The topological polar surface area (TPSA) is 46.6 Å². The molecule has 0 amide bonds. The predicted molar refractivity (Wildman–Crippen MR) is 87.9 cm³/mol. The highest BCUT2D eigenvalue weighted by Crippen LogP contribution is 2.21. The van der Waals surface area contributed by atoms with Crippen LogP contribution in [0.2, 0.25) is 0 Å². The molecule has 1 fully saturated rings. The highest BCUT2D eigenvalue weighted by atomic mass is 32.2. The van der Waals surface area contributed by atoms with Gasteiger partial charge in [0.2, 0.25) is 0 Å². The Balaban J connectivity index is 1.81. The van der Waals surface area contributed by atoms with Crippen molar-refractivity contribution in [2.24, 2.45) is 0 Å². The van der Waals surface area contributed by atoms with Crippen molar-refractivity contribution in [3.8, 4) is 0 Å². The normalized spacial score (nSPS) is 18.4. The van der Waals surface area contributed by atoms with Gasteiger partial charge >= 0.3 is 0 Å². The van der Waals surface area contributed by atoms with E-state index in [0.717, 1.165) is 23.9 Å². The molecule has 1 unspecified atom stereocenters. The Bertz CT molecular complexity index is 751. The van der Waals surface area contributed by atoms with Gasteiger partial charge in [-0.15, -0.1) is 0 Å². The van der Waals surface area contributed by atoms with Gasteiger partial charge in [-0.25, -0.2) is 8.42 Å². The molecule has 0 aliphatic carbocycles. The van der Waals surface area contributed by atoms with Crippen molar-refractivity contribution >= 4 is 20.6 Å². The van der Waals surface area contributed by atoms with E-state index in [1.807, 2.05) is 37.3 Å². The first kappa shape index (κ1) is 15.5. The van der Waals surface area contributed by atoms with Crippen LogP contribution >= 0.6 is 0 Å². The molecule has 22 heavy (non-hydrogen) atoms. The number of ether oxygens (including phenoxy) is 1. The first-order valence-electron chi connectivity index (χ1n) is 7.60. The predicted octanol–water partition coefficient (Wildman–Crippen LogP) is 2.33. The summed E-state index contributed by atoms with van der Waals surface area (Å²) in [5.41, 5.74) is 0. The third-order valence-electron chi connectivity index (χ3n) is 4.21. The lowest BCUT2D eigenvalue weighted by atomic mass is 10.1. The van der Waals surface area contributed by atoms with Crippen LogP contribution in [0.1, 0.15) is 6.92 Å². The molecule has 1 aliphatic heterocycles. The molecular formula is C17H21NO3S. The minimum absolute atomic E-state index is 0.000343. The standard InChI is InChI=1S/C17H21NO3S/c1-14(18-8-10-21-11-9-18)13-22(19,20)17-7-6-15-4-2-3-5-16(15)12-17/h2-7,12,14H,8-11,13H2,1H3. The zero-order chi connectivity index (χ0) is 15.6. The number of morpholine rings is 1. The Hall–Kier alpha value is -1.43. The van der Waals surface area contributed by atoms with E-state index in [1.54, 1.807) is 12.1 Å². The molecule has 1 heterocycles. The Kier molecular flexibility index (Phi) is 4.47. The van der Waals surface area contributed by atoms with Crippen LogP contribution < -0.4 is 0 Å². The van der Waals surface area contributed by atoms with Crippen LogP contribution in [0.4, 0.5) is 0 Å². The Morgan fingerprint density at radius 1 is 1.09 bits per heavy atom. The molecule has 5 heteroatoms. The van der Waals surface area contributed by atoms with Crippen molar-refractivity contribution in [2.75, 3.05) is 32.1 Å². The molecule has 3 rings (SSSR count). The van der Waals surface area contributed by atoms with Gasteiger partial charge in [0.25, 0.3) is 0 Å². The number of hydrogen-bond acceptors (Lipinski definition) is 4. The summed E-state index contributed by atoms with van der Waals surface area (Å²) in [5, 5.41) is 2.02. The van der Waals surface area contributed by atoms with Gasteiger partial charge in [-0.05, 0) is 29.8 Å². The van der Waals surface area contributed by atoms with Crippen LogP contribution in [-0.2, 0) is 14.6 Å². The zero-order valence-corrected chi connectivity index (χ0v) is 13.6. The van der Waals surface area contributed by atoms with Crippen molar-refractivity contribution in [3.05, 3.63) is 42.5 Å². The molecule has 0 N–H and O–H groups in total. The smallest absolute Gasteiger partial charge is 0.179 e. The van der Waals surface area contributed by atoms with Gasteiger partial charge in [0.15, 0.2) is 9.84 Å². The second-order valence-corrected chi connectivity index (χ2v) is 7.82. The molecule has 0 spiro atoms. The largest absolute Gasteiger partial charge is 0.379 e. The number of benzene rings is 2. The van der Waals surface area contributed by atoms with Crippen LogP contribution in [-0.4, -0.2) is 51.4 Å². The van der Waals surface area contributed by atoms with E-state index in [2.05, 4.69) is 4.90 Å². The number of rotatable bonds is 4. The molecule has 0 aromatic heterocycles. The SMILES string of the molecule is CC(CS(=O)(=O)c1ccc2ccccc2c1)N1CCOCC1. The van der Waals surface area contributed by atoms with E-state index in [0.29, 0.717) is 18.1 Å². The zero-order valence-electron chi connectivity index (χ0n) is 12.7. The molecule has 0 saturated carbocycles. The van der Waals surface area contributed by atoms with Crippen LogP contribution in [0.5, 0.6) is 0 Å². The lowest BCUT2D eigenvalue weighted by Crippen LogP contribution is -2.45. The lowest BCUT2D eigenvalue weighted by molar-refractivity contribution is 0.0243. The summed E-state index contributed by atoms with van der Waals surface area (Å²) in [5.74, 6) is 0.144. The molecule has 1 aliphatic rings. The Labute approximate surface area is 131 Å². The van der Waals surface area contributed by atoms with Crippen molar-refractivity contribution < 1.29 is 13.2 Å². The monoisotopic (exact) mass is 319 g/mol. The summed E-state index contributed by atoms with van der Waals surface area (Å²) in [6, 6.07) is 13.2. The molecule has 118 valence electrons. The fraction of sp³-hybridized carbons (Fsp3) is 0.412. The molecule has 2 aromatic carbocycles. The molecule has 1 saturated heterocycles. The van der Waals surface area contributed by atoms with Gasteiger partial charge in [0, 0.05) is 19.1 Å². The minimum Gasteiger partial charge on any atom is -0.379 e. The third kappa shape index (κ3) is 3.32. The average molecular weight is 319 g/mol. The average Bonchev–Trinajstić information content (AvgIpc) is 2.55. The number of fused-ring (bicyclic) bond motifs is 1. The Morgan fingerprint density at radius 2 is 1.77 bits per heavy atom. The summed E-state index contributed by atoms with van der Waals surface area (Å²) < 4.78 is 30.7.